The zero-order valence-corrected chi connectivity index (χ0v) is 49.6. The van der Waals surface area contributed by atoms with Gasteiger partial charge in [0.25, 0.3) is 0 Å². The van der Waals surface area contributed by atoms with E-state index in [0.29, 0.717) is 27.9 Å². The second-order valence-corrected chi connectivity index (χ2v) is 17.0. The molecule has 8 rings (SSSR count). The van der Waals surface area contributed by atoms with E-state index >= 15 is 0 Å². The van der Waals surface area contributed by atoms with E-state index in [1.807, 2.05) is 130 Å². The maximum absolute atomic E-state index is 12.2. The van der Waals surface area contributed by atoms with E-state index in [1.165, 1.54) is 23.3 Å². The van der Waals surface area contributed by atoms with Gasteiger partial charge in [0.1, 0.15) is 0 Å². The van der Waals surface area contributed by atoms with Crippen molar-refractivity contribution in [2.24, 2.45) is 10.2 Å². The average molecular weight is 1290 g/mol. The average Bonchev–Trinajstić information content (AvgIpc) is 0.881. The number of carboxylic acid groups (broad SMARTS) is 4. The largest absolute Gasteiger partial charge is 0.478 e. The van der Waals surface area contributed by atoms with Gasteiger partial charge in [0.05, 0.1) is 33.6 Å². The molecule has 480 valence electrons. The molecule has 27 heteroatoms. The number of carbonyl (C=O) groups is 5. The molecule has 8 aromatic rings. The number of nitrogens with zero attached hydrogens (tertiary/aromatic N) is 2. The number of hydrogen-bond donors (Lipinski definition) is 4. The van der Waals surface area contributed by atoms with Crippen LogP contribution in [0.25, 0.3) is 0 Å². The number of azo groups is 1. The smallest absolute Gasteiger partial charge is 0.373 e. The highest BCUT2D eigenvalue weighted by atomic mass is 16.4. The third-order valence-corrected chi connectivity index (χ3v) is 10.2. The van der Waals surface area contributed by atoms with Gasteiger partial charge in [-0.25, -0.2) is 19.2 Å². The minimum Gasteiger partial charge on any atom is -0.478 e. The minimum absolute atomic E-state index is 0.134. The maximum atomic E-state index is 12.2. The molecule has 0 aliphatic heterocycles. The summed E-state index contributed by atoms with van der Waals surface area (Å²) in [7, 11) is 0. The summed E-state index contributed by atoms with van der Waals surface area (Å²) in [5, 5.41) is 44.0. The molecule has 0 saturated heterocycles. The third-order valence-electron chi connectivity index (χ3n) is 10.2. The molecule has 0 aromatic heterocycles. The number of rotatable bonds is 12. The Bertz CT molecular complexity index is 3710. The molecular formula is C67H52N2O25. The van der Waals surface area contributed by atoms with Crippen molar-refractivity contribution in [3.05, 3.63) is 272 Å². The second kappa shape index (κ2) is 55.5. The van der Waals surface area contributed by atoms with Crippen molar-refractivity contribution in [2.75, 3.05) is 0 Å². The summed E-state index contributed by atoms with van der Waals surface area (Å²) in [4.78, 5) is 186. The first-order valence-corrected chi connectivity index (χ1v) is 25.3. The van der Waals surface area contributed by atoms with Gasteiger partial charge in [0.2, 0.25) is 0 Å². The van der Waals surface area contributed by atoms with Gasteiger partial charge in [-0.1, -0.05) is 121 Å². The Kier molecular flexibility index (Phi) is 51.0. The molecule has 0 atom stereocenters. The normalized spacial score (nSPS) is 8.34. The van der Waals surface area contributed by atoms with E-state index in [2.05, 4.69) is 10.2 Å². The molecule has 8 aromatic carbocycles. The van der Waals surface area contributed by atoms with Gasteiger partial charge in [-0.05, 0) is 158 Å². The third kappa shape index (κ3) is 43.5. The van der Waals surface area contributed by atoms with E-state index in [0.717, 1.165) is 51.9 Å². The summed E-state index contributed by atoms with van der Waals surface area (Å²) in [5.41, 5.74) is 11.3. The maximum Gasteiger partial charge on any atom is 0.373 e. The Balaban J connectivity index is -0.000000515. The molecule has 94 heavy (non-hydrogen) atoms. The van der Waals surface area contributed by atoms with Crippen molar-refractivity contribution in [3.8, 4) is 0 Å². The van der Waals surface area contributed by atoms with Crippen LogP contribution < -0.4 is 0 Å². The summed E-state index contributed by atoms with van der Waals surface area (Å²) in [6.07, 6.45) is 3.53. The lowest BCUT2D eigenvalue weighted by molar-refractivity contribution is -0.193. The summed E-state index contributed by atoms with van der Waals surface area (Å²) in [6.45, 7) is 7.43. The lowest BCUT2D eigenvalue weighted by Gasteiger charge is -2.05. The van der Waals surface area contributed by atoms with E-state index < -0.39 is 23.9 Å². The van der Waals surface area contributed by atoms with Crippen molar-refractivity contribution in [2.45, 2.75) is 40.5 Å². The highest BCUT2D eigenvalue weighted by Gasteiger charge is 2.13. The molecule has 0 aliphatic carbocycles. The van der Waals surface area contributed by atoms with Gasteiger partial charge in [-0.15, -0.1) is 0 Å². The summed E-state index contributed by atoms with van der Waals surface area (Å²) in [5.74, 6) is -3.90. The lowest BCUT2D eigenvalue weighted by atomic mass is 9.99. The number of benzene rings is 8. The topological polar surface area (TPSA) is 464 Å². The van der Waals surface area contributed by atoms with Crippen molar-refractivity contribution in [1.29, 1.82) is 0 Å². The fourth-order valence-corrected chi connectivity index (χ4v) is 7.19. The second-order valence-electron chi connectivity index (χ2n) is 17.0. The Labute approximate surface area is 532 Å². The molecule has 27 nitrogen and oxygen atoms in total. The molecule has 0 spiro atoms. The van der Waals surface area contributed by atoms with Gasteiger partial charge >= 0.3 is 73.1 Å². The summed E-state index contributed by atoms with van der Waals surface area (Å²) >= 11 is 0. The summed E-state index contributed by atoms with van der Waals surface area (Å²) in [6, 6.07) is 58.6. The zero-order valence-electron chi connectivity index (χ0n) is 49.6. The molecule has 0 radical (unpaired) electrons. The van der Waals surface area contributed by atoms with E-state index in [4.69, 9.17) is 97.1 Å². The van der Waals surface area contributed by atoms with E-state index in [-0.39, 0.29) is 66.1 Å². The standard InChI is InChI=1S/C15H12O3.2C15H14O2.C14H12N2O2.8CO2/c1-10-7-12(9-13(8-10)15(17)18)14(16)11-5-3-2-4-6-11;2*1-11-7-13(10-14(8-11)15(16)17)9-12-5-3-2-4-6-12;1-10-7-11(14(17)18)9-13(8-10)16-15-12-5-3-2-4-6-12;8*2-1-3/h2-9H,1H3,(H,17,18);2*2-8,10H,9H2,1H3,(H,16,17);2-9H,1H3,(H,17,18);;;;;;;;. The molecular weight excluding hydrogens is 1230 g/mol. The first kappa shape index (κ1) is 86.4. The SMILES string of the molecule is Cc1cc(C(=O)O)cc(C(=O)c2ccccc2)c1.Cc1cc(Cc2ccccc2)cc(C(=O)O)c1.Cc1cc(Cc2ccccc2)cc(C(=O)O)c1.Cc1cc(N=Nc2ccccc2)cc(C(=O)O)c1.O=C=O.O=C=O.O=C=O.O=C=O.O=C=O.O=C=O.O=C=O.O=C=O. The summed E-state index contributed by atoms with van der Waals surface area (Å²) < 4.78 is 0. The van der Waals surface area contributed by atoms with Crippen LogP contribution in [0.15, 0.2) is 204 Å². The van der Waals surface area contributed by atoms with Gasteiger partial charge in [-0.2, -0.15) is 86.9 Å². The van der Waals surface area contributed by atoms with Gasteiger partial charge in [0.15, 0.2) is 5.78 Å². The van der Waals surface area contributed by atoms with Crippen molar-refractivity contribution >= 4 is 90.2 Å². The van der Waals surface area contributed by atoms with Crippen molar-refractivity contribution in [1.82, 2.24) is 0 Å². The van der Waals surface area contributed by atoms with Crippen LogP contribution >= 0.6 is 0 Å². The molecule has 0 aliphatic rings. The highest BCUT2D eigenvalue weighted by Crippen LogP contribution is 2.22. The van der Waals surface area contributed by atoms with Crippen LogP contribution in [0.5, 0.6) is 0 Å². The molecule has 0 unspecified atom stereocenters. The molecule has 0 heterocycles. The fraction of sp³-hybridized carbons (Fsp3) is 0.0896. The molecule has 0 fully saturated rings. The van der Waals surface area contributed by atoms with Gasteiger partial charge in [0, 0.05) is 11.1 Å². The van der Waals surface area contributed by atoms with Gasteiger partial charge < -0.3 is 20.4 Å². The monoisotopic (exact) mass is 1280 g/mol. The van der Waals surface area contributed by atoms with Gasteiger partial charge in [-0.3, -0.25) is 4.79 Å². The Morgan fingerprint density at radius 1 is 0.266 bits per heavy atom. The number of aryl methyl sites for hydroxylation is 4. The van der Waals surface area contributed by atoms with E-state index in [9.17, 15) is 24.0 Å². The molecule has 0 amide bonds. The predicted molar refractivity (Wildman–Crippen MR) is 312 cm³/mol. The zero-order chi connectivity index (χ0) is 72.2. The van der Waals surface area contributed by atoms with Crippen LogP contribution in [0, 0.1) is 27.7 Å². The van der Waals surface area contributed by atoms with Crippen LogP contribution in [-0.2, 0) is 89.6 Å². The molecule has 0 bridgehead atoms. The first-order valence-electron chi connectivity index (χ1n) is 25.3. The Morgan fingerprint density at radius 3 is 0.830 bits per heavy atom. The fourth-order valence-electron chi connectivity index (χ4n) is 7.19. The lowest BCUT2D eigenvalue weighted by Crippen LogP contribution is -2.05. The van der Waals surface area contributed by atoms with E-state index in [1.54, 1.807) is 79.7 Å². The number of carboxylic acids is 4. The first-order chi connectivity index (χ1) is 44.8. The number of carbonyl (C=O) groups excluding carboxylic acids is 17. The highest BCUT2D eigenvalue weighted by molar-refractivity contribution is 6.10. The van der Waals surface area contributed by atoms with Crippen LogP contribution in [-0.4, -0.2) is 99.3 Å². The van der Waals surface area contributed by atoms with Crippen LogP contribution in [0.4, 0.5) is 11.4 Å². The van der Waals surface area contributed by atoms with Crippen molar-refractivity contribution < 1.29 is 121 Å². The van der Waals surface area contributed by atoms with Crippen molar-refractivity contribution in [3.63, 3.8) is 0 Å². The van der Waals surface area contributed by atoms with Crippen LogP contribution in [0.1, 0.15) is 102 Å². The quantitative estimate of drug-likeness (QED) is 0.0654. The van der Waals surface area contributed by atoms with Crippen LogP contribution in [0.3, 0.4) is 0 Å². The number of hydrogen-bond acceptors (Lipinski definition) is 23. The number of aromatic carboxylic acids is 4. The molecule has 4 N–H and O–H groups in total. The Hall–Kier alpha value is -14.0. The predicted octanol–water partition coefficient (Wildman–Crippen LogP) is 8.93. The molecule has 0 saturated carbocycles. The Morgan fingerprint density at radius 2 is 0.511 bits per heavy atom. The van der Waals surface area contributed by atoms with Crippen LogP contribution in [0.2, 0.25) is 0 Å². The minimum atomic E-state index is -1.03. The number of ketones is 1.